The largest absolute Gasteiger partial charge is 0.458 e. The van der Waals surface area contributed by atoms with E-state index in [0.29, 0.717) is 6.61 Å². The average molecular weight is 171 g/mol. The lowest BCUT2D eigenvalue weighted by Gasteiger charge is -1.95. The predicted octanol–water partition coefficient (Wildman–Crippen LogP) is 1.51. The van der Waals surface area contributed by atoms with Gasteiger partial charge in [-0.05, 0) is 6.92 Å². The van der Waals surface area contributed by atoms with Crippen LogP contribution in [0.5, 0.6) is 0 Å². The van der Waals surface area contributed by atoms with Crippen molar-refractivity contribution in [3.8, 4) is 0 Å². The molecule has 0 saturated carbocycles. The molecule has 0 saturated heterocycles. The van der Waals surface area contributed by atoms with Crippen molar-refractivity contribution in [2.24, 2.45) is 0 Å². The molecule has 11 heavy (non-hydrogen) atoms. The number of aryl methyl sites for hydroxylation is 1. The van der Waals surface area contributed by atoms with Gasteiger partial charge in [-0.25, -0.2) is 4.98 Å². The molecule has 0 aliphatic heterocycles. The molecule has 0 unspecified atom stereocenters. The van der Waals surface area contributed by atoms with E-state index in [9.17, 15) is 4.79 Å². The van der Waals surface area contributed by atoms with Crippen molar-refractivity contribution in [2.75, 3.05) is 0 Å². The fraction of sp³-hybridized carbons (Fsp3) is 0.429. The molecule has 0 amide bonds. The van der Waals surface area contributed by atoms with Gasteiger partial charge < -0.3 is 4.74 Å². The van der Waals surface area contributed by atoms with Crippen LogP contribution < -0.4 is 0 Å². The van der Waals surface area contributed by atoms with Gasteiger partial charge in [-0.1, -0.05) is 0 Å². The maximum atomic E-state index is 10.4. The quantitative estimate of drug-likeness (QED) is 0.633. The highest BCUT2D eigenvalue weighted by Crippen LogP contribution is 2.09. The number of thiazole rings is 1. The first-order chi connectivity index (χ1) is 5.18. The van der Waals surface area contributed by atoms with Crippen molar-refractivity contribution in [3.05, 3.63) is 16.1 Å². The predicted molar refractivity (Wildman–Crippen MR) is 42.3 cm³/mol. The molecule has 1 aromatic rings. The number of hydrogen-bond donors (Lipinski definition) is 0. The van der Waals surface area contributed by atoms with Gasteiger partial charge in [-0.3, -0.25) is 4.79 Å². The molecule has 0 aliphatic carbocycles. The van der Waals surface area contributed by atoms with E-state index < -0.39 is 0 Å². The maximum Gasteiger partial charge on any atom is 0.303 e. The van der Waals surface area contributed by atoms with Crippen molar-refractivity contribution < 1.29 is 9.53 Å². The molecule has 0 aromatic carbocycles. The Labute approximate surface area is 69.0 Å². The lowest BCUT2D eigenvalue weighted by Crippen LogP contribution is -1.98. The molecule has 0 radical (unpaired) electrons. The molecule has 0 aliphatic rings. The lowest BCUT2D eigenvalue weighted by molar-refractivity contribution is -0.142. The third-order valence-corrected chi connectivity index (χ3v) is 2.01. The first kappa shape index (κ1) is 8.20. The van der Waals surface area contributed by atoms with Gasteiger partial charge in [0.1, 0.15) is 11.6 Å². The highest BCUT2D eigenvalue weighted by molar-refractivity contribution is 7.09. The third kappa shape index (κ3) is 2.67. The minimum atomic E-state index is -0.266. The summed E-state index contributed by atoms with van der Waals surface area (Å²) in [5.74, 6) is -0.266. The molecule has 0 fully saturated rings. The Balaban J connectivity index is 2.45. The van der Waals surface area contributed by atoms with Crippen molar-refractivity contribution in [1.82, 2.24) is 4.98 Å². The van der Waals surface area contributed by atoms with Gasteiger partial charge in [0.15, 0.2) is 0 Å². The smallest absolute Gasteiger partial charge is 0.303 e. The van der Waals surface area contributed by atoms with Crippen molar-refractivity contribution >= 4 is 17.3 Å². The van der Waals surface area contributed by atoms with Gasteiger partial charge in [-0.15, -0.1) is 11.3 Å². The summed E-state index contributed by atoms with van der Waals surface area (Å²) in [6, 6.07) is 0. The van der Waals surface area contributed by atoms with E-state index in [1.807, 2.05) is 12.3 Å². The van der Waals surface area contributed by atoms with Gasteiger partial charge in [-0.2, -0.15) is 0 Å². The van der Waals surface area contributed by atoms with Gasteiger partial charge in [0, 0.05) is 18.0 Å². The Hall–Kier alpha value is -0.900. The van der Waals surface area contributed by atoms with Crippen molar-refractivity contribution in [1.29, 1.82) is 0 Å². The number of nitrogens with zero attached hydrogens (tertiary/aromatic N) is 1. The summed E-state index contributed by atoms with van der Waals surface area (Å²) in [4.78, 5) is 14.5. The molecule has 4 heteroatoms. The van der Waals surface area contributed by atoms with E-state index in [4.69, 9.17) is 4.74 Å². The summed E-state index contributed by atoms with van der Waals surface area (Å²) in [6.07, 6.45) is 0. The van der Waals surface area contributed by atoms with Crippen molar-refractivity contribution in [2.45, 2.75) is 20.5 Å². The molecule has 1 aromatic heterocycles. The molecule has 0 spiro atoms. The fourth-order valence-corrected chi connectivity index (χ4v) is 1.32. The molecule has 3 nitrogen and oxygen atoms in total. The highest BCUT2D eigenvalue weighted by Gasteiger charge is 1.99. The summed E-state index contributed by atoms with van der Waals surface area (Å²) in [5, 5.41) is 2.77. The van der Waals surface area contributed by atoms with Crippen LogP contribution in [-0.2, 0) is 16.1 Å². The molecule has 0 bridgehead atoms. The number of hydrogen-bond acceptors (Lipinski definition) is 4. The van der Waals surface area contributed by atoms with E-state index in [-0.39, 0.29) is 5.97 Å². The van der Waals surface area contributed by atoms with E-state index in [2.05, 4.69) is 4.98 Å². The number of aromatic nitrogens is 1. The van der Waals surface area contributed by atoms with E-state index in [1.165, 1.54) is 18.3 Å². The van der Waals surface area contributed by atoms with Gasteiger partial charge in [0.25, 0.3) is 0 Å². The molecule has 0 atom stereocenters. The Kier molecular flexibility index (Phi) is 2.59. The molecule has 1 heterocycles. The minimum Gasteiger partial charge on any atom is -0.458 e. The average Bonchev–Trinajstić information content (AvgIpc) is 2.31. The van der Waals surface area contributed by atoms with Crippen LogP contribution in [0, 0.1) is 6.92 Å². The zero-order chi connectivity index (χ0) is 8.27. The van der Waals surface area contributed by atoms with Crippen LogP contribution in [0.1, 0.15) is 17.6 Å². The van der Waals surface area contributed by atoms with Crippen LogP contribution >= 0.6 is 11.3 Å². The zero-order valence-corrected chi connectivity index (χ0v) is 7.27. The summed E-state index contributed by atoms with van der Waals surface area (Å²) in [5.41, 5.74) is 0.970. The fourth-order valence-electron chi connectivity index (χ4n) is 0.632. The molecule has 60 valence electrons. The molecule has 0 N–H and O–H groups in total. The van der Waals surface area contributed by atoms with E-state index in [1.54, 1.807) is 0 Å². The van der Waals surface area contributed by atoms with Gasteiger partial charge in [0.05, 0.1) is 0 Å². The first-order valence-corrected chi connectivity index (χ1v) is 4.11. The van der Waals surface area contributed by atoms with Gasteiger partial charge >= 0.3 is 5.97 Å². The monoisotopic (exact) mass is 171 g/mol. The second-order valence-electron chi connectivity index (χ2n) is 2.16. The molecular formula is C7H9NO2S. The van der Waals surface area contributed by atoms with Crippen LogP contribution in [0.15, 0.2) is 5.38 Å². The highest BCUT2D eigenvalue weighted by atomic mass is 32.1. The Bertz CT molecular complexity index is 257. The Morgan fingerprint density at radius 2 is 2.55 bits per heavy atom. The second-order valence-corrected chi connectivity index (χ2v) is 3.11. The number of carbonyl (C=O) groups is 1. The van der Waals surface area contributed by atoms with E-state index >= 15 is 0 Å². The maximum absolute atomic E-state index is 10.4. The Morgan fingerprint density at radius 3 is 3.00 bits per heavy atom. The van der Waals surface area contributed by atoms with Crippen LogP contribution in [0.2, 0.25) is 0 Å². The number of rotatable bonds is 2. The molecule has 1 rings (SSSR count). The number of carbonyl (C=O) groups excluding carboxylic acids is 1. The van der Waals surface area contributed by atoms with Crippen LogP contribution in [0.3, 0.4) is 0 Å². The minimum absolute atomic E-state index is 0.266. The van der Waals surface area contributed by atoms with Crippen molar-refractivity contribution in [3.63, 3.8) is 0 Å². The normalized spacial score (nSPS) is 9.64. The summed E-state index contributed by atoms with van der Waals surface area (Å²) in [7, 11) is 0. The summed E-state index contributed by atoms with van der Waals surface area (Å²) < 4.78 is 4.75. The first-order valence-electron chi connectivity index (χ1n) is 3.23. The number of esters is 1. The summed E-state index contributed by atoms with van der Waals surface area (Å²) >= 11 is 1.50. The SMILES string of the molecule is CC(=O)OCc1nc(C)cs1. The third-order valence-electron chi connectivity index (χ3n) is 1.07. The van der Waals surface area contributed by atoms with Gasteiger partial charge in [0.2, 0.25) is 0 Å². The van der Waals surface area contributed by atoms with Crippen LogP contribution in [0.4, 0.5) is 0 Å². The second kappa shape index (κ2) is 3.48. The standard InChI is InChI=1S/C7H9NO2S/c1-5-4-11-7(8-5)3-10-6(2)9/h4H,3H2,1-2H3. The number of ether oxygens (including phenoxy) is 1. The van der Waals surface area contributed by atoms with Crippen LogP contribution in [-0.4, -0.2) is 11.0 Å². The Morgan fingerprint density at radius 1 is 1.82 bits per heavy atom. The lowest BCUT2D eigenvalue weighted by atomic mass is 10.6. The summed E-state index contributed by atoms with van der Waals surface area (Å²) in [6.45, 7) is 3.60. The zero-order valence-electron chi connectivity index (χ0n) is 6.46. The van der Waals surface area contributed by atoms with E-state index in [0.717, 1.165) is 10.7 Å². The van der Waals surface area contributed by atoms with Crippen LogP contribution in [0.25, 0.3) is 0 Å². The molecular weight excluding hydrogens is 162 g/mol. The topological polar surface area (TPSA) is 39.2 Å².